The number of nitrogens with zero attached hydrogens (tertiary/aromatic N) is 6. The lowest BCUT2D eigenvalue weighted by Gasteiger charge is -2.38. The summed E-state index contributed by atoms with van der Waals surface area (Å²) in [4.78, 5) is 72.9. The van der Waals surface area contributed by atoms with Crippen LogP contribution in [0, 0.1) is 10.8 Å². The summed E-state index contributed by atoms with van der Waals surface area (Å²) >= 11 is 1.48. The van der Waals surface area contributed by atoms with Gasteiger partial charge in [-0.1, -0.05) is 102 Å². The molecule has 1 fully saturated rings. The van der Waals surface area contributed by atoms with Crippen LogP contribution in [0.25, 0.3) is 21.8 Å². The predicted molar refractivity (Wildman–Crippen MR) is 248 cm³/mol. The van der Waals surface area contributed by atoms with Gasteiger partial charge in [0.05, 0.1) is 30.1 Å². The van der Waals surface area contributed by atoms with Crippen LogP contribution < -0.4 is 10.6 Å². The Labute approximate surface area is 379 Å². The van der Waals surface area contributed by atoms with Crippen molar-refractivity contribution in [3.8, 4) is 21.8 Å². The average molecular weight is 889 g/mol. The van der Waals surface area contributed by atoms with Gasteiger partial charge in [-0.15, -0.1) is 11.3 Å². The molecule has 1 saturated heterocycles. The number of benzene rings is 2. The molecule has 5 aromatic rings. The highest BCUT2D eigenvalue weighted by molar-refractivity contribution is 7.13. The van der Waals surface area contributed by atoms with Crippen LogP contribution >= 0.6 is 11.3 Å². The first-order valence-electron chi connectivity index (χ1n) is 21.6. The van der Waals surface area contributed by atoms with Crippen LogP contribution in [0.1, 0.15) is 64.8 Å². The lowest BCUT2D eigenvalue weighted by Crippen LogP contribution is -2.59. The number of rotatable bonds is 17. The number of amides is 5. The van der Waals surface area contributed by atoms with Crippen LogP contribution in [0.4, 0.5) is 9.59 Å². The van der Waals surface area contributed by atoms with Crippen LogP contribution in [0.15, 0.2) is 109 Å². The molecule has 2 aromatic carbocycles. The summed E-state index contributed by atoms with van der Waals surface area (Å²) in [7, 11) is 1.37. The molecule has 15 heteroatoms. The summed E-state index contributed by atoms with van der Waals surface area (Å²) in [5.74, 6) is -0.907. The molecule has 3 aromatic heterocycles. The van der Waals surface area contributed by atoms with E-state index in [4.69, 9.17) is 4.98 Å². The van der Waals surface area contributed by atoms with E-state index in [1.807, 2.05) is 111 Å². The molecule has 0 bridgehead atoms. The third-order valence-electron chi connectivity index (χ3n) is 11.4. The molecule has 338 valence electrons. The lowest BCUT2D eigenvalue weighted by atomic mass is 9.84. The number of hydrogen-bond donors (Lipinski definition) is 4. The number of nitrogens with one attached hydrogen (secondary N) is 2. The van der Waals surface area contributed by atoms with Gasteiger partial charge >= 0.3 is 12.1 Å². The quantitative estimate of drug-likeness (QED) is 0.0754. The van der Waals surface area contributed by atoms with Gasteiger partial charge in [0.2, 0.25) is 11.8 Å². The van der Waals surface area contributed by atoms with E-state index in [1.165, 1.54) is 18.4 Å². The van der Waals surface area contributed by atoms with Gasteiger partial charge in [-0.25, -0.2) is 14.6 Å². The summed E-state index contributed by atoms with van der Waals surface area (Å²) in [6.07, 6.45) is 3.35. The van der Waals surface area contributed by atoms with Crippen molar-refractivity contribution in [1.82, 2.24) is 40.3 Å². The van der Waals surface area contributed by atoms with Crippen molar-refractivity contribution >= 4 is 35.3 Å². The molecule has 5 atom stereocenters. The van der Waals surface area contributed by atoms with Gasteiger partial charge in [0.15, 0.2) is 0 Å². The smallest absolute Gasteiger partial charge is 0.407 e. The fraction of sp³-hybridized carbons (Fsp3) is 0.408. The van der Waals surface area contributed by atoms with E-state index in [-0.39, 0.29) is 25.4 Å². The molecule has 0 spiro atoms. The standard InChI is InChI=1S/C49H60N8O6S/c1-48(2,3)41(55(7)47(62)63)43(59)52-36(26-33-18-20-34(21-19-33)38-17-11-12-23-51-38)28-40(58)39(27-32-14-9-8-10-15-32)54-44(60)42(49(4,5)6)57-25-24-56(46(57)61)30-37-31-64-45(53-37)35-16-13-22-50-29-35/h8-23,29,31,36,39-42,58H,24-28,30H2,1-7H3,(H,52,59)(H,54,60)(H,62,63)/t36-,39+,40+,41-,42-/m1/s1. The van der Waals surface area contributed by atoms with Crippen molar-refractivity contribution in [2.24, 2.45) is 10.8 Å². The Hall–Kier alpha value is -6.19. The number of aromatic nitrogens is 3. The predicted octanol–water partition coefficient (Wildman–Crippen LogP) is 7.15. The molecule has 0 saturated carbocycles. The second-order valence-corrected chi connectivity index (χ2v) is 19.5. The van der Waals surface area contributed by atoms with E-state index in [0.717, 1.165) is 43.5 Å². The van der Waals surface area contributed by atoms with Crippen molar-refractivity contribution in [2.75, 3.05) is 20.1 Å². The molecule has 4 N–H and O–H groups in total. The number of carbonyl (C=O) groups is 4. The summed E-state index contributed by atoms with van der Waals surface area (Å²) < 4.78 is 0. The molecule has 64 heavy (non-hydrogen) atoms. The Bertz CT molecular complexity index is 2330. The van der Waals surface area contributed by atoms with Crippen LogP contribution in [0.5, 0.6) is 0 Å². The number of aliphatic hydroxyl groups is 1. The zero-order chi connectivity index (χ0) is 46.2. The van der Waals surface area contributed by atoms with Crippen molar-refractivity contribution in [2.45, 2.75) is 97.6 Å². The second kappa shape index (κ2) is 20.5. The van der Waals surface area contributed by atoms with Crippen LogP contribution in [0.3, 0.4) is 0 Å². The molecule has 0 radical (unpaired) electrons. The number of carbonyl (C=O) groups excluding carboxylic acids is 3. The number of likely N-dealkylation sites (N-methyl/N-ethyl adjacent to an activating group) is 1. The van der Waals surface area contributed by atoms with E-state index < -0.39 is 59.0 Å². The van der Waals surface area contributed by atoms with Crippen molar-refractivity contribution in [3.63, 3.8) is 0 Å². The molecule has 1 aliphatic heterocycles. The minimum absolute atomic E-state index is 0.0183. The highest BCUT2D eigenvalue weighted by atomic mass is 32.1. The molecular weight excluding hydrogens is 829 g/mol. The van der Waals surface area contributed by atoms with Gasteiger partial charge in [-0.05, 0) is 65.5 Å². The molecule has 0 unspecified atom stereocenters. The SMILES string of the molecule is CN(C(=O)O)[C@H](C(=O)N[C@H](Cc1ccc(-c2ccccn2)cc1)C[C@H](O)[C@H](Cc1ccccc1)NC(=O)[C@@H](N1CCN(Cc2csc(-c3cccnc3)n2)C1=O)C(C)(C)C)C(C)(C)C. The fourth-order valence-corrected chi connectivity index (χ4v) is 9.22. The molecule has 14 nitrogen and oxygen atoms in total. The fourth-order valence-electron chi connectivity index (χ4n) is 8.42. The van der Waals surface area contributed by atoms with Crippen molar-refractivity contribution in [3.05, 3.63) is 126 Å². The number of carboxylic acid groups (broad SMARTS) is 1. The molecule has 4 heterocycles. The summed E-state index contributed by atoms with van der Waals surface area (Å²) in [5.41, 5.74) is 3.66. The molecule has 5 amide bonds. The van der Waals surface area contributed by atoms with E-state index in [9.17, 15) is 29.4 Å². The van der Waals surface area contributed by atoms with E-state index in [2.05, 4.69) is 20.6 Å². The van der Waals surface area contributed by atoms with Gasteiger partial charge in [0.1, 0.15) is 17.1 Å². The third-order valence-corrected chi connectivity index (χ3v) is 12.4. The van der Waals surface area contributed by atoms with Gasteiger partial charge in [-0.2, -0.15) is 0 Å². The monoisotopic (exact) mass is 888 g/mol. The molecule has 6 rings (SSSR count). The van der Waals surface area contributed by atoms with E-state index in [1.54, 1.807) is 49.2 Å². The van der Waals surface area contributed by atoms with Crippen molar-refractivity contribution in [1.29, 1.82) is 0 Å². The summed E-state index contributed by atoms with van der Waals surface area (Å²) in [5, 5.41) is 31.2. The van der Waals surface area contributed by atoms with Gasteiger partial charge in [0, 0.05) is 61.3 Å². The van der Waals surface area contributed by atoms with E-state index in [0.29, 0.717) is 19.5 Å². The van der Waals surface area contributed by atoms with E-state index >= 15 is 0 Å². The molecule has 0 aliphatic carbocycles. The zero-order valence-electron chi connectivity index (χ0n) is 37.6. The first-order chi connectivity index (χ1) is 30.4. The maximum atomic E-state index is 14.7. The Morgan fingerprint density at radius 1 is 0.812 bits per heavy atom. The number of thiazole rings is 1. The molecular formula is C49H60N8O6S. The topological polar surface area (TPSA) is 181 Å². The first-order valence-corrected chi connectivity index (χ1v) is 22.5. The van der Waals surface area contributed by atoms with Crippen LogP contribution in [-0.2, 0) is 29.0 Å². The number of hydrogen-bond acceptors (Lipinski definition) is 9. The van der Waals surface area contributed by atoms with Gasteiger partial charge < -0.3 is 30.6 Å². The number of aliphatic hydroxyl groups excluding tert-OH is 1. The summed E-state index contributed by atoms with van der Waals surface area (Å²) in [6.45, 7) is 12.2. The maximum Gasteiger partial charge on any atom is 0.407 e. The van der Waals surface area contributed by atoms with Crippen molar-refractivity contribution < 1.29 is 29.4 Å². The maximum absolute atomic E-state index is 14.7. The largest absolute Gasteiger partial charge is 0.465 e. The highest BCUT2D eigenvalue weighted by Crippen LogP contribution is 2.31. The highest BCUT2D eigenvalue weighted by Gasteiger charge is 2.45. The van der Waals surface area contributed by atoms with Gasteiger partial charge in [0.25, 0.3) is 0 Å². The second-order valence-electron chi connectivity index (χ2n) is 18.6. The Kier molecular flexibility index (Phi) is 15.2. The third kappa shape index (κ3) is 12.1. The number of urea groups is 1. The van der Waals surface area contributed by atoms with Crippen LogP contribution in [-0.4, -0.2) is 114 Å². The van der Waals surface area contributed by atoms with Gasteiger partial charge in [-0.3, -0.25) is 24.5 Å². The average Bonchev–Trinajstić information content (AvgIpc) is 3.87. The minimum atomic E-state index is -1.24. The first kappa shape index (κ1) is 47.3. The summed E-state index contributed by atoms with van der Waals surface area (Å²) in [6, 6.07) is 23.1. The zero-order valence-corrected chi connectivity index (χ0v) is 38.5. The lowest BCUT2D eigenvalue weighted by molar-refractivity contribution is -0.131. The Morgan fingerprint density at radius 2 is 1.52 bits per heavy atom. The minimum Gasteiger partial charge on any atom is -0.465 e. The normalized spacial score (nSPS) is 15.5. The number of pyridine rings is 2. The Balaban J connectivity index is 1.24. The Morgan fingerprint density at radius 3 is 2.14 bits per heavy atom. The molecule has 1 aliphatic rings. The van der Waals surface area contributed by atoms with Crippen LogP contribution in [0.2, 0.25) is 0 Å².